The molecule has 0 bridgehead atoms. The second kappa shape index (κ2) is 9.80. The number of imidazole rings is 1. The molecule has 0 spiro atoms. The minimum absolute atomic E-state index is 0.822. The predicted molar refractivity (Wildman–Crippen MR) is 212 cm³/mol. The summed E-state index contributed by atoms with van der Waals surface area (Å²) in [4.78, 5) is 10.6. The second-order valence-corrected chi connectivity index (χ2v) is 13.4. The summed E-state index contributed by atoms with van der Waals surface area (Å²) in [6.45, 7) is 0. The van der Waals surface area contributed by atoms with Crippen LogP contribution >= 0.6 is 0 Å². The fraction of sp³-hybridized carbons (Fsp3) is 0. The minimum Gasteiger partial charge on any atom is -0.309 e. The highest BCUT2D eigenvalue weighted by molar-refractivity contribution is 6.23. The molecule has 4 heterocycles. The van der Waals surface area contributed by atoms with Gasteiger partial charge in [-0.2, -0.15) is 0 Å². The van der Waals surface area contributed by atoms with Crippen LogP contribution in [0, 0.1) is 0 Å². The van der Waals surface area contributed by atoms with Gasteiger partial charge in [-0.3, -0.25) is 8.97 Å². The van der Waals surface area contributed by atoms with Crippen LogP contribution in [0.3, 0.4) is 0 Å². The van der Waals surface area contributed by atoms with E-state index >= 15 is 0 Å². The third-order valence-electron chi connectivity index (χ3n) is 10.8. The lowest BCUT2D eigenvalue weighted by atomic mass is 10.0. The fourth-order valence-electron chi connectivity index (χ4n) is 8.61. The van der Waals surface area contributed by atoms with Crippen LogP contribution in [0.5, 0.6) is 0 Å². The molecule has 0 aliphatic carbocycles. The molecule has 5 nitrogen and oxygen atoms in total. The lowest BCUT2D eigenvalue weighted by molar-refractivity contribution is 0.979. The average Bonchev–Trinajstić information content (AvgIpc) is 3.86. The summed E-state index contributed by atoms with van der Waals surface area (Å²) in [7, 11) is 0. The molecule has 0 saturated carbocycles. The maximum absolute atomic E-state index is 5.42. The van der Waals surface area contributed by atoms with Gasteiger partial charge in [-0.1, -0.05) is 109 Å². The van der Waals surface area contributed by atoms with Gasteiger partial charge in [-0.25, -0.2) is 9.97 Å². The van der Waals surface area contributed by atoms with E-state index in [2.05, 4.69) is 177 Å². The lowest BCUT2D eigenvalue weighted by Crippen LogP contribution is -2.06. The molecule has 51 heavy (non-hydrogen) atoms. The van der Waals surface area contributed by atoms with Crippen molar-refractivity contribution in [3.8, 4) is 11.6 Å². The number of rotatable bonds is 2. The maximum atomic E-state index is 5.42. The van der Waals surface area contributed by atoms with E-state index < -0.39 is 0 Å². The van der Waals surface area contributed by atoms with Crippen molar-refractivity contribution in [1.82, 2.24) is 23.5 Å². The Morgan fingerprint density at radius 3 is 1.86 bits per heavy atom. The van der Waals surface area contributed by atoms with Crippen molar-refractivity contribution in [3.05, 3.63) is 164 Å². The zero-order valence-corrected chi connectivity index (χ0v) is 27.3. The first-order chi connectivity index (χ1) is 25.3. The summed E-state index contributed by atoms with van der Waals surface area (Å²) >= 11 is 0. The van der Waals surface area contributed by atoms with E-state index in [0.29, 0.717) is 0 Å². The number of aromatic nitrogens is 5. The van der Waals surface area contributed by atoms with Crippen molar-refractivity contribution in [2.45, 2.75) is 0 Å². The number of para-hydroxylation sites is 4. The van der Waals surface area contributed by atoms with Crippen LogP contribution in [0.2, 0.25) is 0 Å². The predicted octanol–water partition coefficient (Wildman–Crippen LogP) is 11.5. The van der Waals surface area contributed by atoms with Crippen LogP contribution in [-0.4, -0.2) is 23.5 Å². The highest BCUT2D eigenvalue weighted by atomic mass is 15.2. The van der Waals surface area contributed by atoms with Crippen molar-refractivity contribution in [3.63, 3.8) is 0 Å². The first-order valence-electron chi connectivity index (χ1n) is 17.4. The van der Waals surface area contributed by atoms with Crippen LogP contribution in [0.4, 0.5) is 0 Å². The summed E-state index contributed by atoms with van der Waals surface area (Å²) in [5.41, 5.74) is 9.55. The van der Waals surface area contributed by atoms with Crippen molar-refractivity contribution in [2.75, 3.05) is 0 Å². The molecule has 12 aromatic rings. The van der Waals surface area contributed by atoms with Crippen LogP contribution < -0.4 is 0 Å². The standard InChI is InChI=1S/C46H27N5/c1-3-13-31-28(11-1)22-25-42-43(31)36-27-30(49-39-19-9-6-15-33(39)34-24-21-29-12-2-4-14-32(29)44(34)49)23-26-40(36)50(42)46-48-37-17-7-5-16-35(37)45-47-38-18-8-10-20-41(38)51(45)46/h1-27H. The Morgan fingerprint density at radius 1 is 0.373 bits per heavy atom. The lowest BCUT2D eigenvalue weighted by Gasteiger charge is -2.13. The fourth-order valence-corrected chi connectivity index (χ4v) is 8.61. The first-order valence-corrected chi connectivity index (χ1v) is 17.4. The summed E-state index contributed by atoms with van der Waals surface area (Å²) in [6, 6.07) is 58.8. The minimum atomic E-state index is 0.822. The molecule has 0 N–H and O–H groups in total. The Balaban J connectivity index is 1.27. The molecule has 0 aliphatic rings. The maximum Gasteiger partial charge on any atom is 0.221 e. The summed E-state index contributed by atoms with van der Waals surface area (Å²) in [5, 5.41) is 10.8. The monoisotopic (exact) mass is 649 g/mol. The van der Waals surface area contributed by atoms with E-state index in [9.17, 15) is 0 Å². The molecule has 8 aromatic carbocycles. The summed E-state index contributed by atoms with van der Waals surface area (Å²) in [6.07, 6.45) is 0. The Hall–Kier alpha value is -6.98. The molecule has 4 aromatic heterocycles. The van der Waals surface area contributed by atoms with Crippen LogP contribution in [0.25, 0.3) is 104 Å². The molecule has 5 heteroatoms. The van der Waals surface area contributed by atoms with Gasteiger partial charge in [0.15, 0.2) is 0 Å². The third-order valence-corrected chi connectivity index (χ3v) is 10.8. The Kier molecular flexibility index (Phi) is 5.17. The number of fused-ring (bicyclic) bond motifs is 15. The van der Waals surface area contributed by atoms with Crippen LogP contribution in [0.1, 0.15) is 0 Å². The van der Waals surface area contributed by atoms with E-state index in [1.165, 1.54) is 54.1 Å². The zero-order valence-electron chi connectivity index (χ0n) is 27.3. The van der Waals surface area contributed by atoms with E-state index in [4.69, 9.17) is 9.97 Å². The van der Waals surface area contributed by atoms with Crippen molar-refractivity contribution in [1.29, 1.82) is 0 Å². The molecule has 0 radical (unpaired) electrons. The number of nitrogens with zero attached hydrogens (tertiary/aromatic N) is 5. The largest absolute Gasteiger partial charge is 0.309 e. The van der Waals surface area contributed by atoms with Gasteiger partial charge in [0.1, 0.15) is 5.65 Å². The Labute approximate surface area is 290 Å². The molecular weight excluding hydrogens is 623 g/mol. The van der Waals surface area contributed by atoms with Gasteiger partial charge >= 0.3 is 0 Å². The van der Waals surface area contributed by atoms with Gasteiger partial charge in [0.05, 0.1) is 38.6 Å². The van der Waals surface area contributed by atoms with E-state index in [1.807, 2.05) is 0 Å². The Morgan fingerprint density at radius 2 is 1.00 bits per heavy atom. The quantitative estimate of drug-likeness (QED) is 0.187. The molecular formula is C46H27N5. The van der Waals surface area contributed by atoms with E-state index in [0.717, 1.165) is 50.3 Å². The molecule has 0 unspecified atom stereocenters. The van der Waals surface area contributed by atoms with Crippen LogP contribution in [-0.2, 0) is 0 Å². The zero-order chi connectivity index (χ0) is 33.2. The third kappa shape index (κ3) is 3.54. The van der Waals surface area contributed by atoms with Crippen molar-refractivity contribution < 1.29 is 0 Å². The van der Waals surface area contributed by atoms with Gasteiger partial charge in [0, 0.05) is 38.0 Å². The average molecular weight is 650 g/mol. The first kappa shape index (κ1) is 26.9. The number of hydrogen-bond donors (Lipinski definition) is 0. The highest BCUT2D eigenvalue weighted by Crippen LogP contribution is 2.41. The highest BCUT2D eigenvalue weighted by Gasteiger charge is 2.22. The van der Waals surface area contributed by atoms with Gasteiger partial charge in [-0.05, 0) is 70.8 Å². The number of benzene rings is 8. The van der Waals surface area contributed by atoms with E-state index in [1.54, 1.807) is 0 Å². The Bertz CT molecular complexity index is 3430. The molecule has 0 aliphatic heterocycles. The van der Waals surface area contributed by atoms with E-state index in [-0.39, 0.29) is 0 Å². The molecule has 236 valence electrons. The van der Waals surface area contributed by atoms with Gasteiger partial charge < -0.3 is 4.57 Å². The molecule has 0 atom stereocenters. The van der Waals surface area contributed by atoms with Gasteiger partial charge in [0.25, 0.3) is 0 Å². The van der Waals surface area contributed by atoms with Gasteiger partial charge in [-0.15, -0.1) is 0 Å². The molecule has 0 amide bonds. The SMILES string of the molecule is c1ccc2c(c1)ccc1c2c2cc(-n3c4ccccc4c4ccc5ccccc5c43)ccc2n1-c1nc2ccccc2c2nc3ccccc3n12. The van der Waals surface area contributed by atoms with Crippen molar-refractivity contribution >= 4 is 92.7 Å². The molecule has 0 saturated heterocycles. The molecule has 0 fully saturated rings. The molecule has 12 rings (SSSR count). The second-order valence-electron chi connectivity index (χ2n) is 13.4. The van der Waals surface area contributed by atoms with Crippen LogP contribution in [0.15, 0.2) is 164 Å². The smallest absolute Gasteiger partial charge is 0.221 e. The number of hydrogen-bond acceptors (Lipinski definition) is 2. The summed E-state index contributed by atoms with van der Waals surface area (Å²) in [5.74, 6) is 0.822. The topological polar surface area (TPSA) is 40.0 Å². The van der Waals surface area contributed by atoms with Crippen molar-refractivity contribution in [2.24, 2.45) is 0 Å². The van der Waals surface area contributed by atoms with Gasteiger partial charge in [0.2, 0.25) is 5.95 Å². The summed E-state index contributed by atoms with van der Waals surface area (Å²) < 4.78 is 7.03. The normalized spacial score (nSPS) is 12.3.